The molecular weight excluding hydrogens is 362 g/mol. The van der Waals surface area contributed by atoms with Gasteiger partial charge in [-0.3, -0.25) is 9.59 Å². The van der Waals surface area contributed by atoms with Crippen LogP contribution in [0.4, 0.5) is 5.69 Å². The Bertz CT molecular complexity index is 890. The maximum atomic E-state index is 12.4. The molecule has 0 aliphatic carbocycles. The summed E-state index contributed by atoms with van der Waals surface area (Å²) in [5.74, 6) is -0.0105. The van der Waals surface area contributed by atoms with Gasteiger partial charge < -0.3 is 19.1 Å². The molecule has 1 amide bonds. The van der Waals surface area contributed by atoms with Crippen molar-refractivity contribution >= 4 is 23.3 Å². The minimum Gasteiger partial charge on any atom is -0.497 e. The van der Waals surface area contributed by atoms with E-state index >= 15 is 0 Å². The van der Waals surface area contributed by atoms with Crippen molar-refractivity contribution in [1.82, 2.24) is 0 Å². The van der Waals surface area contributed by atoms with Gasteiger partial charge in [0.05, 0.1) is 25.3 Å². The smallest absolute Gasteiger partial charge is 0.338 e. The fraction of sp³-hybridized carbons (Fsp3) is 0.286. The third-order valence-electron chi connectivity index (χ3n) is 4.53. The van der Waals surface area contributed by atoms with Gasteiger partial charge in [-0.2, -0.15) is 0 Å². The van der Waals surface area contributed by atoms with Crippen LogP contribution in [0.25, 0.3) is 0 Å². The third-order valence-corrected chi connectivity index (χ3v) is 4.53. The Hall–Kier alpha value is -3.35. The molecule has 1 saturated heterocycles. The normalized spacial score (nSPS) is 13.4. The molecule has 146 valence electrons. The van der Waals surface area contributed by atoms with Gasteiger partial charge in [0.1, 0.15) is 11.5 Å². The molecule has 7 nitrogen and oxygen atoms in total. The van der Waals surface area contributed by atoms with Crippen molar-refractivity contribution in [2.24, 2.45) is 0 Å². The zero-order valence-corrected chi connectivity index (χ0v) is 15.8. The van der Waals surface area contributed by atoms with Crippen LogP contribution >= 0.6 is 0 Å². The number of rotatable bonds is 7. The molecule has 28 heavy (non-hydrogen) atoms. The Kier molecular flexibility index (Phi) is 5.93. The molecule has 0 radical (unpaired) electrons. The van der Waals surface area contributed by atoms with Gasteiger partial charge >= 0.3 is 5.97 Å². The first-order valence-electron chi connectivity index (χ1n) is 8.86. The summed E-state index contributed by atoms with van der Waals surface area (Å²) in [5, 5.41) is 0. The van der Waals surface area contributed by atoms with Crippen molar-refractivity contribution in [1.29, 1.82) is 0 Å². The standard InChI is InChI=1S/C21H21NO6/c1-26-16-9-10-17(19(12-16)27-2)18(23)13-28-21(25)14-5-7-15(8-6-14)22-11-3-4-20(22)24/h5-10,12H,3-4,11,13H2,1-2H3. The molecule has 0 saturated carbocycles. The van der Waals surface area contributed by atoms with Gasteiger partial charge in [0.2, 0.25) is 11.7 Å². The van der Waals surface area contributed by atoms with Gasteiger partial charge in [0.15, 0.2) is 6.61 Å². The topological polar surface area (TPSA) is 82.1 Å². The van der Waals surface area contributed by atoms with Crippen molar-refractivity contribution in [3.05, 3.63) is 53.6 Å². The average molecular weight is 383 g/mol. The second kappa shape index (κ2) is 8.56. The summed E-state index contributed by atoms with van der Waals surface area (Å²) >= 11 is 0. The van der Waals surface area contributed by atoms with E-state index in [1.54, 1.807) is 47.4 Å². The summed E-state index contributed by atoms with van der Waals surface area (Å²) in [6.45, 7) is 0.273. The number of amides is 1. The second-order valence-electron chi connectivity index (χ2n) is 6.26. The van der Waals surface area contributed by atoms with Gasteiger partial charge in [-0.05, 0) is 42.8 Å². The molecule has 0 spiro atoms. The van der Waals surface area contributed by atoms with Crippen LogP contribution in [0.5, 0.6) is 11.5 Å². The lowest BCUT2D eigenvalue weighted by molar-refractivity contribution is -0.117. The Morgan fingerprint density at radius 3 is 2.39 bits per heavy atom. The molecule has 3 rings (SSSR count). The predicted molar refractivity (Wildman–Crippen MR) is 102 cm³/mol. The number of hydrogen-bond donors (Lipinski definition) is 0. The summed E-state index contributed by atoms with van der Waals surface area (Å²) in [5.41, 5.74) is 1.36. The van der Waals surface area contributed by atoms with E-state index in [4.69, 9.17) is 14.2 Å². The number of nitrogens with zero attached hydrogens (tertiary/aromatic N) is 1. The van der Waals surface area contributed by atoms with Gasteiger partial charge in [0, 0.05) is 24.7 Å². The highest BCUT2D eigenvalue weighted by Crippen LogP contribution is 2.25. The van der Waals surface area contributed by atoms with E-state index in [-0.39, 0.29) is 11.7 Å². The van der Waals surface area contributed by atoms with E-state index in [1.165, 1.54) is 14.2 Å². The first-order chi connectivity index (χ1) is 13.5. The number of esters is 1. The number of benzene rings is 2. The van der Waals surface area contributed by atoms with Gasteiger partial charge in [-0.15, -0.1) is 0 Å². The molecule has 0 N–H and O–H groups in total. The second-order valence-corrected chi connectivity index (χ2v) is 6.26. The van der Waals surface area contributed by atoms with Crippen molar-refractivity contribution in [2.75, 3.05) is 32.3 Å². The van der Waals surface area contributed by atoms with E-state index in [0.717, 1.165) is 12.1 Å². The number of carbonyl (C=O) groups is 3. The minimum absolute atomic E-state index is 0.0781. The van der Waals surface area contributed by atoms with E-state index in [1.807, 2.05) is 0 Å². The average Bonchev–Trinajstić information content (AvgIpc) is 3.17. The fourth-order valence-corrected chi connectivity index (χ4v) is 3.02. The lowest BCUT2D eigenvalue weighted by atomic mass is 10.1. The molecule has 0 aromatic heterocycles. The van der Waals surface area contributed by atoms with E-state index in [2.05, 4.69) is 0 Å². The molecule has 7 heteroatoms. The predicted octanol–water partition coefficient (Wildman–Crippen LogP) is 2.87. The Balaban J connectivity index is 1.62. The molecular formula is C21H21NO6. The molecule has 2 aromatic carbocycles. The van der Waals surface area contributed by atoms with Gasteiger partial charge in [0.25, 0.3) is 0 Å². The first kappa shape index (κ1) is 19.4. The molecule has 1 fully saturated rings. The molecule has 0 unspecified atom stereocenters. The number of methoxy groups -OCH3 is 2. The van der Waals surface area contributed by atoms with Crippen molar-refractivity contribution in [3.8, 4) is 11.5 Å². The summed E-state index contributed by atoms with van der Waals surface area (Å²) < 4.78 is 15.4. The molecule has 1 heterocycles. The minimum atomic E-state index is -0.611. The summed E-state index contributed by atoms with van der Waals surface area (Å²) in [4.78, 5) is 38.1. The largest absolute Gasteiger partial charge is 0.497 e. The van der Waals surface area contributed by atoms with Crippen LogP contribution in [-0.4, -0.2) is 45.0 Å². The van der Waals surface area contributed by atoms with Gasteiger partial charge in [-0.1, -0.05) is 0 Å². The Morgan fingerprint density at radius 1 is 1.04 bits per heavy atom. The summed E-state index contributed by atoms with van der Waals surface area (Å²) in [7, 11) is 2.97. The van der Waals surface area contributed by atoms with Crippen molar-refractivity contribution in [3.63, 3.8) is 0 Å². The number of Topliss-reactive ketones (excluding diaryl/α,β-unsaturated/α-hetero) is 1. The lowest BCUT2D eigenvalue weighted by Gasteiger charge is -2.15. The van der Waals surface area contributed by atoms with Gasteiger partial charge in [-0.25, -0.2) is 4.79 Å². The van der Waals surface area contributed by atoms with Crippen LogP contribution in [0.2, 0.25) is 0 Å². The maximum Gasteiger partial charge on any atom is 0.338 e. The van der Waals surface area contributed by atoms with Crippen LogP contribution < -0.4 is 14.4 Å². The number of ketones is 1. The summed E-state index contributed by atoms with van der Waals surface area (Å²) in [6, 6.07) is 11.4. The number of ether oxygens (including phenoxy) is 3. The van der Waals surface area contributed by atoms with Crippen LogP contribution in [0.15, 0.2) is 42.5 Å². The quantitative estimate of drug-likeness (QED) is 0.540. The molecule has 1 aliphatic rings. The van der Waals surface area contributed by atoms with Crippen LogP contribution in [0.1, 0.15) is 33.6 Å². The SMILES string of the molecule is COc1ccc(C(=O)COC(=O)c2ccc(N3CCCC3=O)cc2)c(OC)c1. The molecule has 0 bridgehead atoms. The van der Waals surface area contributed by atoms with Crippen LogP contribution in [0.3, 0.4) is 0 Å². The molecule has 0 atom stereocenters. The molecule has 2 aromatic rings. The Morgan fingerprint density at radius 2 is 1.79 bits per heavy atom. The maximum absolute atomic E-state index is 12.4. The highest BCUT2D eigenvalue weighted by atomic mass is 16.5. The van der Waals surface area contributed by atoms with E-state index in [9.17, 15) is 14.4 Å². The zero-order chi connectivity index (χ0) is 20.1. The molecule has 1 aliphatic heterocycles. The van der Waals surface area contributed by atoms with E-state index in [0.29, 0.717) is 35.6 Å². The number of hydrogen-bond acceptors (Lipinski definition) is 6. The zero-order valence-electron chi connectivity index (χ0n) is 15.8. The highest BCUT2D eigenvalue weighted by Gasteiger charge is 2.22. The lowest BCUT2D eigenvalue weighted by Crippen LogP contribution is -2.23. The highest BCUT2D eigenvalue weighted by molar-refractivity contribution is 6.01. The van der Waals surface area contributed by atoms with Crippen LogP contribution in [0, 0.1) is 0 Å². The first-order valence-corrected chi connectivity index (χ1v) is 8.86. The summed E-state index contributed by atoms with van der Waals surface area (Å²) in [6.07, 6.45) is 1.38. The number of anilines is 1. The monoisotopic (exact) mass is 383 g/mol. The van der Waals surface area contributed by atoms with E-state index < -0.39 is 12.6 Å². The third kappa shape index (κ3) is 4.14. The van der Waals surface area contributed by atoms with Crippen LogP contribution in [-0.2, 0) is 9.53 Å². The van der Waals surface area contributed by atoms with Crippen molar-refractivity contribution in [2.45, 2.75) is 12.8 Å². The van der Waals surface area contributed by atoms with Crippen molar-refractivity contribution < 1.29 is 28.6 Å². The Labute approximate surface area is 162 Å². The number of carbonyl (C=O) groups excluding carboxylic acids is 3. The fourth-order valence-electron chi connectivity index (χ4n) is 3.02.